The van der Waals surface area contributed by atoms with E-state index in [1.54, 1.807) is 0 Å². The molecule has 0 radical (unpaired) electrons. The van der Waals surface area contributed by atoms with E-state index in [4.69, 9.17) is 10.2 Å². The van der Waals surface area contributed by atoms with E-state index in [0.29, 0.717) is 0 Å². The van der Waals surface area contributed by atoms with Gasteiger partial charge in [0.05, 0.1) is 0 Å². The monoisotopic (exact) mass is 202 g/mol. The van der Waals surface area contributed by atoms with E-state index in [1.807, 2.05) is 0 Å². The molecule has 0 atom stereocenters. The van der Waals surface area contributed by atoms with Crippen LogP contribution in [0.25, 0.3) is 0 Å². The lowest BCUT2D eigenvalue weighted by molar-refractivity contribution is 0.0549. The Bertz CT molecular complexity index is 159. The standard InChI is InChI=1S/C3H2O7.2Mg.4H/c4-1(5)9-3(8)10-2(6)7;;;;;;/h(H,4,5)(H,6,7);;;;;;. The van der Waals surface area contributed by atoms with Crippen molar-refractivity contribution in [3.63, 3.8) is 0 Å². The lowest BCUT2D eigenvalue weighted by Crippen LogP contribution is -2.14. The molecule has 0 spiro atoms. The highest BCUT2D eigenvalue weighted by molar-refractivity contribution is 5.82. The van der Waals surface area contributed by atoms with Gasteiger partial charge in [-0.15, -0.1) is 0 Å². The summed E-state index contributed by atoms with van der Waals surface area (Å²) in [6.45, 7) is 0. The number of hydrogen-bond acceptors (Lipinski definition) is 5. The minimum absolute atomic E-state index is 0. The number of carboxylic acid groups (broad SMARTS) is 2. The Morgan fingerprint density at radius 2 is 1.08 bits per heavy atom. The first-order chi connectivity index (χ1) is 4.52. The summed E-state index contributed by atoms with van der Waals surface area (Å²) in [6, 6.07) is 0. The quantitative estimate of drug-likeness (QED) is 0.284. The van der Waals surface area contributed by atoms with Gasteiger partial charge in [-0.3, -0.25) is 0 Å². The summed E-state index contributed by atoms with van der Waals surface area (Å²) >= 11 is 0. The highest BCUT2D eigenvalue weighted by atomic mass is 24.3. The molecular weight excluding hydrogens is 197 g/mol. The predicted octanol–water partition coefficient (Wildman–Crippen LogP) is -1.34. The fourth-order valence-corrected chi connectivity index (χ4v) is 0.163. The Labute approximate surface area is 98.3 Å². The molecule has 0 saturated carbocycles. The third-order valence-electron chi connectivity index (χ3n) is 0.341. The largest absolute Gasteiger partial charge is 0.528 e. The van der Waals surface area contributed by atoms with Gasteiger partial charge in [-0.2, -0.15) is 0 Å². The highest BCUT2D eigenvalue weighted by Gasteiger charge is 2.13. The van der Waals surface area contributed by atoms with E-state index in [1.165, 1.54) is 0 Å². The van der Waals surface area contributed by atoms with Crippen molar-refractivity contribution in [3.8, 4) is 0 Å². The van der Waals surface area contributed by atoms with Crippen LogP contribution in [0.1, 0.15) is 0 Å². The minimum atomic E-state index is -1.92. The summed E-state index contributed by atoms with van der Waals surface area (Å²) in [5.74, 6) is 0. The summed E-state index contributed by atoms with van der Waals surface area (Å²) in [6.07, 6.45) is -5.64. The van der Waals surface area contributed by atoms with Crippen molar-refractivity contribution in [2.24, 2.45) is 0 Å². The van der Waals surface area contributed by atoms with E-state index in [2.05, 4.69) is 9.47 Å². The topological polar surface area (TPSA) is 110 Å². The van der Waals surface area contributed by atoms with Crippen molar-refractivity contribution < 1.29 is 34.1 Å². The zero-order valence-electron chi connectivity index (χ0n) is 4.44. The van der Waals surface area contributed by atoms with Gasteiger partial charge in [0, 0.05) is 0 Å². The molecule has 0 aromatic heterocycles. The summed E-state index contributed by atoms with van der Waals surface area (Å²) in [5.41, 5.74) is 0. The van der Waals surface area contributed by atoms with Gasteiger partial charge < -0.3 is 19.7 Å². The molecule has 0 fully saturated rings. The second kappa shape index (κ2) is 8.84. The molecule has 0 unspecified atom stereocenters. The van der Waals surface area contributed by atoms with Crippen molar-refractivity contribution >= 4 is 64.6 Å². The molecule has 0 aromatic rings. The van der Waals surface area contributed by atoms with E-state index >= 15 is 0 Å². The number of ether oxygens (including phenoxy) is 2. The second-order valence-corrected chi connectivity index (χ2v) is 0.986. The number of rotatable bonds is 0. The Morgan fingerprint density at radius 3 is 1.25 bits per heavy atom. The molecule has 0 aliphatic rings. The predicted molar refractivity (Wildman–Crippen MR) is 40.7 cm³/mol. The van der Waals surface area contributed by atoms with Crippen LogP contribution in [0.2, 0.25) is 0 Å². The van der Waals surface area contributed by atoms with Crippen LogP contribution < -0.4 is 0 Å². The van der Waals surface area contributed by atoms with Crippen LogP contribution in [0.5, 0.6) is 0 Å². The lowest BCUT2D eigenvalue weighted by Gasteiger charge is -1.93. The van der Waals surface area contributed by atoms with Crippen molar-refractivity contribution in [2.45, 2.75) is 0 Å². The Morgan fingerprint density at radius 1 is 0.833 bits per heavy atom. The zero-order chi connectivity index (χ0) is 8.15. The van der Waals surface area contributed by atoms with E-state index in [9.17, 15) is 14.4 Å². The van der Waals surface area contributed by atoms with Crippen LogP contribution in [0.3, 0.4) is 0 Å². The smallest absolute Gasteiger partial charge is 0.449 e. The molecule has 0 aromatic carbocycles. The number of carbonyl (C=O) groups excluding carboxylic acids is 1. The van der Waals surface area contributed by atoms with Gasteiger partial charge in [0.15, 0.2) is 0 Å². The molecule has 7 nitrogen and oxygen atoms in total. The molecule has 0 bridgehead atoms. The maximum absolute atomic E-state index is 9.86. The highest BCUT2D eigenvalue weighted by Crippen LogP contribution is 1.85. The van der Waals surface area contributed by atoms with Gasteiger partial charge in [-0.25, -0.2) is 14.4 Å². The molecule has 0 rings (SSSR count). The second-order valence-electron chi connectivity index (χ2n) is 0.986. The van der Waals surface area contributed by atoms with Crippen LogP contribution in [0.4, 0.5) is 14.4 Å². The summed E-state index contributed by atoms with van der Waals surface area (Å²) in [5, 5.41) is 15.4. The van der Waals surface area contributed by atoms with Gasteiger partial charge in [0.1, 0.15) is 0 Å². The Hall–Kier alpha value is -0.258. The van der Waals surface area contributed by atoms with Crippen LogP contribution in [-0.4, -0.2) is 74.8 Å². The fourth-order valence-electron chi connectivity index (χ4n) is 0.163. The first-order valence-corrected chi connectivity index (χ1v) is 1.88. The summed E-state index contributed by atoms with van der Waals surface area (Å²) in [7, 11) is 0. The molecule has 12 heavy (non-hydrogen) atoms. The molecular formula is C3H6Mg2O7. The molecule has 0 aliphatic carbocycles. The Balaban J connectivity index is -0.000000405. The molecule has 9 heteroatoms. The molecule has 64 valence electrons. The van der Waals surface area contributed by atoms with E-state index in [0.717, 1.165) is 0 Å². The van der Waals surface area contributed by atoms with E-state index < -0.39 is 18.5 Å². The zero-order valence-corrected chi connectivity index (χ0v) is 4.44. The van der Waals surface area contributed by atoms with Gasteiger partial charge in [-0.05, 0) is 0 Å². The van der Waals surface area contributed by atoms with Crippen LogP contribution in [-0.2, 0) is 9.47 Å². The first-order valence-electron chi connectivity index (χ1n) is 1.88. The van der Waals surface area contributed by atoms with Gasteiger partial charge in [-0.1, -0.05) is 0 Å². The average Bonchev–Trinajstić information content (AvgIpc) is 1.58. The normalized spacial score (nSPS) is 6.67. The summed E-state index contributed by atoms with van der Waals surface area (Å²) in [4.78, 5) is 28.8. The van der Waals surface area contributed by atoms with Crippen LogP contribution >= 0.6 is 0 Å². The van der Waals surface area contributed by atoms with Gasteiger partial charge in [0.25, 0.3) is 0 Å². The summed E-state index contributed by atoms with van der Waals surface area (Å²) < 4.78 is 6.47. The maximum Gasteiger partial charge on any atom is 0.528 e. The number of hydrogen-bond donors (Lipinski definition) is 2. The van der Waals surface area contributed by atoms with E-state index in [-0.39, 0.29) is 46.1 Å². The molecule has 0 saturated heterocycles. The lowest BCUT2D eigenvalue weighted by atomic mass is 11.2. The average molecular weight is 203 g/mol. The third kappa shape index (κ3) is 12.4. The van der Waals surface area contributed by atoms with Crippen LogP contribution in [0.15, 0.2) is 0 Å². The SMILES string of the molecule is O=C(O)OC(=O)OC(=O)O.[MgH2].[MgH2]. The minimum Gasteiger partial charge on any atom is -0.449 e. The molecule has 0 amide bonds. The van der Waals surface area contributed by atoms with Crippen molar-refractivity contribution in [1.82, 2.24) is 0 Å². The Kier molecular flexibility index (Phi) is 13.1. The first kappa shape index (κ1) is 17.7. The number of carbonyl (C=O) groups is 3. The molecule has 0 aliphatic heterocycles. The van der Waals surface area contributed by atoms with Gasteiger partial charge in [0.2, 0.25) is 0 Å². The van der Waals surface area contributed by atoms with Crippen molar-refractivity contribution in [1.29, 1.82) is 0 Å². The molecule has 0 heterocycles. The maximum atomic E-state index is 9.86. The van der Waals surface area contributed by atoms with Crippen molar-refractivity contribution in [3.05, 3.63) is 0 Å². The van der Waals surface area contributed by atoms with Gasteiger partial charge >= 0.3 is 64.6 Å². The fraction of sp³-hybridized carbons (Fsp3) is 0. The van der Waals surface area contributed by atoms with Crippen LogP contribution in [0, 0.1) is 0 Å². The third-order valence-corrected chi connectivity index (χ3v) is 0.341. The van der Waals surface area contributed by atoms with Crippen molar-refractivity contribution in [2.75, 3.05) is 0 Å². The molecule has 2 N–H and O–H groups in total.